The van der Waals surface area contributed by atoms with E-state index in [2.05, 4.69) is 35.0 Å². The van der Waals surface area contributed by atoms with Gasteiger partial charge in [-0.1, -0.05) is 12.1 Å². The van der Waals surface area contributed by atoms with E-state index in [1.807, 2.05) is 0 Å². The van der Waals surface area contributed by atoms with Crippen LogP contribution < -0.4 is 20.1 Å². The molecule has 13 nitrogen and oxygen atoms in total. The fraction of sp³-hybridized carbons (Fsp3) is 0.379. The van der Waals surface area contributed by atoms with Gasteiger partial charge in [-0.15, -0.1) is 36.2 Å². The van der Waals surface area contributed by atoms with Crippen molar-refractivity contribution in [3.63, 3.8) is 0 Å². The summed E-state index contributed by atoms with van der Waals surface area (Å²) in [4.78, 5) is 46.3. The van der Waals surface area contributed by atoms with Gasteiger partial charge in [-0.25, -0.2) is 23.9 Å². The molecule has 4 aromatic rings. The van der Waals surface area contributed by atoms with Gasteiger partial charge in [-0.3, -0.25) is 9.32 Å². The number of fused-ring (bicyclic) bond motifs is 1. The van der Waals surface area contributed by atoms with Crippen molar-refractivity contribution in [2.75, 3.05) is 50.6 Å². The molecule has 0 bridgehead atoms. The van der Waals surface area contributed by atoms with E-state index in [0.717, 1.165) is 38.9 Å². The van der Waals surface area contributed by atoms with Crippen molar-refractivity contribution in [3.8, 4) is 11.5 Å². The Morgan fingerprint density at radius 2 is 1.89 bits per heavy atom. The zero-order valence-electron chi connectivity index (χ0n) is 25.3. The summed E-state index contributed by atoms with van der Waals surface area (Å²) in [5.41, 5.74) is 0.769. The first-order chi connectivity index (χ1) is 21.7. The highest BCUT2D eigenvalue weighted by Crippen LogP contribution is 2.38. The van der Waals surface area contributed by atoms with Gasteiger partial charge in [0, 0.05) is 29.1 Å². The number of rotatable bonds is 14. The molecule has 1 amide bonds. The maximum atomic E-state index is 13.9. The minimum atomic E-state index is -4.43. The number of anilines is 3. The predicted octanol–water partition coefficient (Wildman–Crippen LogP) is 5.59. The van der Waals surface area contributed by atoms with Crippen LogP contribution in [0.3, 0.4) is 0 Å². The zero-order valence-corrected chi connectivity index (χ0v) is 28.7. The van der Waals surface area contributed by atoms with Crippen LogP contribution in [0.2, 0.25) is 0 Å². The van der Waals surface area contributed by atoms with Crippen molar-refractivity contribution in [1.29, 1.82) is 0 Å². The van der Waals surface area contributed by atoms with Crippen LogP contribution in [0, 0.1) is 11.7 Å². The third-order valence-corrected chi connectivity index (χ3v) is 8.64. The van der Waals surface area contributed by atoms with Crippen molar-refractivity contribution in [1.82, 2.24) is 19.9 Å². The summed E-state index contributed by atoms with van der Waals surface area (Å²) in [5, 5.41) is 6.99. The fourth-order valence-corrected chi connectivity index (χ4v) is 6.16. The van der Waals surface area contributed by atoms with Gasteiger partial charge in [0.05, 0.1) is 37.9 Å². The summed E-state index contributed by atoms with van der Waals surface area (Å²) in [6.07, 6.45) is 5.50. The number of thiazole rings is 1. The lowest BCUT2D eigenvalue weighted by molar-refractivity contribution is -0.115. The summed E-state index contributed by atoms with van der Waals surface area (Å²) in [5.74, 6) is 0.883. The van der Waals surface area contributed by atoms with E-state index in [1.54, 1.807) is 37.6 Å². The summed E-state index contributed by atoms with van der Waals surface area (Å²) in [6, 6.07) is 9.59. The number of phosphoric ester groups is 1. The molecule has 0 aliphatic carbocycles. The smallest absolute Gasteiger partial charge is 0.469 e. The van der Waals surface area contributed by atoms with E-state index < -0.39 is 13.6 Å². The average molecular weight is 734 g/mol. The molecule has 0 atom stereocenters. The van der Waals surface area contributed by atoms with Gasteiger partial charge in [0.1, 0.15) is 18.0 Å². The Labute approximate surface area is 287 Å². The van der Waals surface area contributed by atoms with E-state index >= 15 is 0 Å². The molecule has 1 saturated heterocycles. The number of amides is 1. The number of phosphoric acid groups is 1. The number of methoxy groups -OCH3 is 1. The van der Waals surface area contributed by atoms with Gasteiger partial charge < -0.3 is 34.8 Å². The van der Waals surface area contributed by atoms with Crippen LogP contribution in [0.25, 0.3) is 10.9 Å². The van der Waals surface area contributed by atoms with Crippen LogP contribution in [-0.2, 0) is 20.3 Å². The first-order valence-corrected chi connectivity index (χ1v) is 16.7. The first-order valence-electron chi connectivity index (χ1n) is 14.3. The van der Waals surface area contributed by atoms with Crippen LogP contribution >= 0.6 is 44.0 Å². The van der Waals surface area contributed by atoms with Crippen LogP contribution in [0.5, 0.6) is 11.5 Å². The molecule has 5 rings (SSSR count). The molecule has 3 heterocycles. The summed E-state index contributed by atoms with van der Waals surface area (Å²) >= 11 is 1.29. The number of aromatic nitrogens is 3. The standard InChI is InChI=1S/C29H34FN6O7PS.2ClH/c1-41-25-14-21-24(15-26(25)42-12-4-9-36-10-7-19(8-11-36)17-43-44(38,39)40)32-18-33-28(21)35-29-31-16-20(45-29)13-27(37)34-23-6-3-2-5-22(23)30;;/h2-3,5-6,14-16,18-19H,4,7-13,17H2,1H3,(H,34,37)(H2,38,39,40)(H,31,32,33,35);2*1H. The fourth-order valence-electron chi connectivity index (χ4n) is 4.95. The predicted molar refractivity (Wildman–Crippen MR) is 182 cm³/mol. The number of benzene rings is 2. The van der Waals surface area contributed by atoms with Gasteiger partial charge in [0.2, 0.25) is 5.91 Å². The van der Waals surface area contributed by atoms with Crippen molar-refractivity contribution < 1.29 is 37.5 Å². The van der Waals surface area contributed by atoms with Gasteiger partial charge in [0.25, 0.3) is 0 Å². The third-order valence-electron chi connectivity index (χ3n) is 7.24. The SMILES string of the molecule is COc1cc2c(Nc3ncc(CC(=O)Nc4ccccc4F)s3)ncnc2cc1OCCCN1CCC(COP(=O)(O)O)CC1.Cl.Cl. The Balaban J connectivity index is 0.00000300. The molecular formula is C29H36Cl2FN6O7PS. The second-order valence-corrected chi connectivity index (χ2v) is 12.8. The zero-order chi connectivity index (χ0) is 31.8. The maximum absolute atomic E-state index is 13.9. The van der Waals surface area contributed by atoms with Gasteiger partial charge in [0.15, 0.2) is 16.6 Å². The number of carbonyl (C=O) groups is 1. The van der Waals surface area contributed by atoms with Crippen molar-refractivity contribution in [2.24, 2.45) is 5.92 Å². The summed E-state index contributed by atoms with van der Waals surface area (Å²) in [7, 11) is -2.87. The van der Waals surface area contributed by atoms with Crippen LogP contribution in [-0.4, -0.2) is 75.5 Å². The number of hydrogen-bond acceptors (Lipinski definition) is 11. The minimum Gasteiger partial charge on any atom is -0.493 e. The number of nitrogens with zero attached hydrogens (tertiary/aromatic N) is 4. The first kappa shape index (κ1) is 38.3. The normalized spacial score (nSPS) is 13.8. The lowest BCUT2D eigenvalue weighted by Crippen LogP contribution is -2.36. The summed E-state index contributed by atoms with van der Waals surface area (Å²) < 4.78 is 41.1. The van der Waals surface area contributed by atoms with Crippen LogP contribution in [0.15, 0.2) is 48.9 Å². The van der Waals surface area contributed by atoms with E-state index in [-0.39, 0.29) is 55.4 Å². The highest BCUT2D eigenvalue weighted by molar-refractivity contribution is 7.46. The number of likely N-dealkylation sites (tertiary alicyclic amines) is 1. The third kappa shape index (κ3) is 11.2. The average Bonchev–Trinajstić information content (AvgIpc) is 3.45. The Morgan fingerprint density at radius 1 is 1.13 bits per heavy atom. The van der Waals surface area contributed by atoms with Gasteiger partial charge in [-0.05, 0) is 56.5 Å². The molecule has 0 unspecified atom stereocenters. The van der Waals surface area contributed by atoms with E-state index in [0.29, 0.717) is 44.8 Å². The number of hydrogen-bond donors (Lipinski definition) is 4. The molecular weight excluding hydrogens is 697 g/mol. The quantitative estimate of drug-likeness (QED) is 0.0938. The molecule has 1 aliphatic heterocycles. The maximum Gasteiger partial charge on any atom is 0.469 e. The van der Waals surface area contributed by atoms with Crippen LogP contribution in [0.1, 0.15) is 24.1 Å². The number of nitrogens with one attached hydrogen (secondary N) is 2. The molecule has 2 aromatic heterocycles. The van der Waals surface area contributed by atoms with Gasteiger partial charge in [-0.2, -0.15) is 0 Å². The lowest BCUT2D eigenvalue weighted by Gasteiger charge is -2.31. The second-order valence-electron chi connectivity index (χ2n) is 10.5. The molecule has 18 heteroatoms. The lowest BCUT2D eigenvalue weighted by atomic mass is 9.98. The highest BCUT2D eigenvalue weighted by atomic mass is 35.5. The topological polar surface area (TPSA) is 168 Å². The second kappa shape index (κ2) is 17.9. The van der Waals surface area contributed by atoms with Crippen LogP contribution in [0.4, 0.5) is 21.0 Å². The Bertz CT molecular complexity index is 1680. The number of piperidine rings is 1. The van der Waals surface area contributed by atoms with Crippen molar-refractivity contribution in [3.05, 3.63) is 59.6 Å². The number of carbonyl (C=O) groups excluding carboxylic acids is 1. The Hall–Kier alpha value is -3.14. The summed E-state index contributed by atoms with van der Waals surface area (Å²) in [6.45, 7) is 3.04. The van der Waals surface area contributed by atoms with E-state index in [4.69, 9.17) is 19.3 Å². The molecule has 2 aromatic carbocycles. The molecule has 0 spiro atoms. The highest BCUT2D eigenvalue weighted by Gasteiger charge is 2.23. The van der Waals surface area contributed by atoms with Crippen molar-refractivity contribution >= 4 is 77.4 Å². The molecule has 4 N–H and O–H groups in total. The Kier molecular flexibility index (Phi) is 14.6. The monoisotopic (exact) mass is 732 g/mol. The van der Waals surface area contributed by atoms with E-state index in [1.165, 1.54) is 29.8 Å². The van der Waals surface area contributed by atoms with Gasteiger partial charge >= 0.3 is 7.82 Å². The molecule has 0 radical (unpaired) electrons. The minimum absolute atomic E-state index is 0. The molecule has 47 heavy (non-hydrogen) atoms. The van der Waals surface area contributed by atoms with Crippen molar-refractivity contribution in [2.45, 2.75) is 25.7 Å². The molecule has 0 saturated carbocycles. The Morgan fingerprint density at radius 3 is 2.62 bits per heavy atom. The molecule has 256 valence electrons. The number of para-hydroxylation sites is 1. The molecule has 1 aliphatic rings. The van der Waals surface area contributed by atoms with E-state index in [9.17, 15) is 13.8 Å². The molecule has 1 fully saturated rings. The number of ether oxygens (including phenoxy) is 2. The number of halogens is 3. The largest absolute Gasteiger partial charge is 0.493 e.